The average Bonchev–Trinajstić information content (AvgIpc) is 3.49. The fraction of sp³-hybridized carbons (Fsp3) is 0.391. The lowest BCUT2D eigenvalue weighted by Crippen LogP contribution is -2.55. The number of nitrogens with zero attached hydrogens (tertiary/aromatic N) is 5. The molecule has 3 unspecified atom stereocenters. The van der Waals surface area contributed by atoms with Crippen molar-refractivity contribution in [3.8, 4) is 0 Å². The monoisotopic (exact) mass is 511 g/mol. The van der Waals surface area contributed by atoms with Crippen molar-refractivity contribution in [3.05, 3.63) is 79.1 Å². The minimum Gasteiger partial charge on any atom is -0.467 e. The van der Waals surface area contributed by atoms with Crippen molar-refractivity contribution in [3.63, 3.8) is 0 Å². The fourth-order valence-electron chi connectivity index (χ4n) is 4.48. The smallest absolute Gasteiger partial charge is 0.412 e. The van der Waals surface area contributed by atoms with Gasteiger partial charge in [0.15, 0.2) is 0 Å². The van der Waals surface area contributed by atoms with Gasteiger partial charge in [0.05, 0.1) is 20.3 Å². The molecule has 1 fully saturated rings. The number of rotatable bonds is 7. The number of amides is 1. The molecule has 1 saturated heterocycles. The minimum atomic E-state index is -1.29. The quantitative estimate of drug-likeness (QED) is 0.210. The Morgan fingerprint density at radius 1 is 1.30 bits per heavy atom. The van der Waals surface area contributed by atoms with Gasteiger partial charge in [-0.05, 0) is 24.1 Å². The number of azide groups is 1. The van der Waals surface area contributed by atoms with E-state index >= 15 is 0 Å². The van der Waals surface area contributed by atoms with E-state index in [4.69, 9.17) is 14.2 Å². The largest absolute Gasteiger partial charge is 0.467 e. The molecule has 4 rings (SSSR count). The SMILES string of the molecule is COC(=O)[C@@H](Cc1c[nH]c2ccccc12)N(C(=O)OC)C1OC(n2cc(C)c(=O)[nH]c2=O)CC1N=[N+]=[N-]. The number of methoxy groups -OCH3 is 2. The second-order valence-corrected chi connectivity index (χ2v) is 8.45. The number of carbonyl (C=O) groups excluding carboxylic acids is 2. The molecule has 3 aromatic rings. The Hall–Kier alpha value is -4.55. The highest BCUT2D eigenvalue weighted by molar-refractivity contribution is 5.86. The van der Waals surface area contributed by atoms with Gasteiger partial charge in [-0.1, -0.05) is 23.3 Å². The van der Waals surface area contributed by atoms with Crippen LogP contribution in [0.4, 0.5) is 4.79 Å². The third kappa shape index (κ3) is 4.92. The number of ether oxygens (including phenoxy) is 3. The Morgan fingerprint density at radius 2 is 2.05 bits per heavy atom. The topological polar surface area (TPSA) is 184 Å². The summed E-state index contributed by atoms with van der Waals surface area (Å²) >= 11 is 0. The number of para-hydroxylation sites is 1. The summed E-state index contributed by atoms with van der Waals surface area (Å²) in [7, 11) is 2.33. The van der Waals surface area contributed by atoms with Crippen molar-refractivity contribution in [1.82, 2.24) is 19.4 Å². The summed E-state index contributed by atoms with van der Waals surface area (Å²) in [6, 6.07) is 5.22. The number of aryl methyl sites for hydroxylation is 1. The van der Waals surface area contributed by atoms with Crippen LogP contribution < -0.4 is 11.2 Å². The second kappa shape index (κ2) is 10.6. The molecule has 2 N–H and O–H groups in total. The first-order chi connectivity index (χ1) is 17.8. The lowest BCUT2D eigenvalue weighted by molar-refractivity contribution is -0.154. The molecule has 1 aliphatic rings. The second-order valence-electron chi connectivity index (χ2n) is 8.45. The minimum absolute atomic E-state index is 0.0193. The molecule has 14 heteroatoms. The van der Waals surface area contributed by atoms with Crippen molar-refractivity contribution >= 4 is 23.0 Å². The van der Waals surface area contributed by atoms with E-state index in [2.05, 4.69) is 20.0 Å². The van der Waals surface area contributed by atoms with Crippen LogP contribution in [0.5, 0.6) is 0 Å². The van der Waals surface area contributed by atoms with Crippen LogP contribution in [-0.4, -0.2) is 64.0 Å². The Balaban J connectivity index is 1.76. The van der Waals surface area contributed by atoms with Crippen LogP contribution in [0.3, 0.4) is 0 Å². The van der Waals surface area contributed by atoms with E-state index in [0.29, 0.717) is 0 Å². The molecule has 0 aliphatic carbocycles. The van der Waals surface area contributed by atoms with Gasteiger partial charge in [0.2, 0.25) is 0 Å². The number of hydrogen-bond donors (Lipinski definition) is 2. The van der Waals surface area contributed by atoms with E-state index in [-0.39, 0.29) is 18.4 Å². The number of H-pyrrole nitrogens is 2. The molecule has 4 atom stereocenters. The van der Waals surface area contributed by atoms with Crippen LogP contribution >= 0.6 is 0 Å². The molecule has 1 aromatic carbocycles. The number of aromatic amines is 2. The molecule has 0 radical (unpaired) electrons. The zero-order valence-corrected chi connectivity index (χ0v) is 20.3. The maximum atomic E-state index is 13.1. The first-order valence-electron chi connectivity index (χ1n) is 11.3. The normalized spacial score (nSPS) is 19.7. The van der Waals surface area contributed by atoms with Crippen molar-refractivity contribution in [2.75, 3.05) is 14.2 Å². The van der Waals surface area contributed by atoms with Crippen molar-refractivity contribution in [1.29, 1.82) is 0 Å². The standard InChI is InChI=1S/C23H25N7O7/c1-12-11-29(22(33)26-19(12)31)18-9-16(27-28-24)20(37-18)30(23(34)36-3)17(21(32)35-2)8-13-10-25-15-7-5-4-6-14(13)15/h4-7,10-11,16-18,20,25H,8-9H2,1-3H3,(H,26,31,33)/t16?,17-,18?,20?/m1/s1. The van der Waals surface area contributed by atoms with Gasteiger partial charge in [0.1, 0.15) is 18.5 Å². The zero-order chi connectivity index (χ0) is 26.7. The van der Waals surface area contributed by atoms with Gasteiger partial charge in [-0.15, -0.1) is 0 Å². The number of esters is 1. The molecule has 1 amide bonds. The molecule has 14 nitrogen and oxygen atoms in total. The van der Waals surface area contributed by atoms with Crippen molar-refractivity contribution in [2.24, 2.45) is 5.11 Å². The highest BCUT2D eigenvalue weighted by atomic mass is 16.6. The van der Waals surface area contributed by atoms with Gasteiger partial charge in [-0.3, -0.25) is 19.2 Å². The van der Waals surface area contributed by atoms with Crippen LogP contribution in [0.25, 0.3) is 21.3 Å². The number of carbonyl (C=O) groups is 2. The van der Waals surface area contributed by atoms with E-state index in [9.17, 15) is 24.7 Å². The molecular weight excluding hydrogens is 486 g/mol. The van der Waals surface area contributed by atoms with E-state index in [0.717, 1.165) is 33.0 Å². The van der Waals surface area contributed by atoms with Gasteiger partial charge in [-0.25, -0.2) is 14.4 Å². The van der Waals surface area contributed by atoms with E-state index in [1.807, 2.05) is 24.3 Å². The third-order valence-electron chi connectivity index (χ3n) is 6.28. The van der Waals surface area contributed by atoms with Gasteiger partial charge in [-0.2, -0.15) is 0 Å². The lowest BCUT2D eigenvalue weighted by atomic mass is 10.0. The molecule has 3 heterocycles. The zero-order valence-electron chi connectivity index (χ0n) is 20.3. The molecule has 194 valence electrons. The van der Waals surface area contributed by atoms with E-state index < -0.39 is 47.9 Å². The number of fused-ring (bicyclic) bond motifs is 1. The number of aromatic nitrogens is 3. The number of hydrogen-bond acceptors (Lipinski definition) is 8. The predicted molar refractivity (Wildman–Crippen MR) is 130 cm³/mol. The Bertz CT molecular complexity index is 1490. The maximum absolute atomic E-state index is 13.1. The first kappa shape index (κ1) is 25.5. The molecule has 0 spiro atoms. The van der Waals surface area contributed by atoms with Crippen molar-refractivity contribution in [2.45, 2.75) is 44.3 Å². The third-order valence-corrected chi connectivity index (χ3v) is 6.28. The van der Waals surface area contributed by atoms with Crippen LogP contribution in [0.2, 0.25) is 0 Å². The lowest BCUT2D eigenvalue weighted by Gasteiger charge is -2.34. The summed E-state index contributed by atoms with van der Waals surface area (Å²) < 4.78 is 17.2. The molecule has 0 bridgehead atoms. The molecule has 0 saturated carbocycles. The summed E-state index contributed by atoms with van der Waals surface area (Å²) in [6.45, 7) is 1.52. The van der Waals surface area contributed by atoms with Crippen LogP contribution in [0, 0.1) is 6.92 Å². The number of benzene rings is 1. The summed E-state index contributed by atoms with van der Waals surface area (Å²) in [5.74, 6) is -0.750. The first-order valence-corrected chi connectivity index (χ1v) is 11.3. The van der Waals surface area contributed by atoms with Crippen LogP contribution in [0.1, 0.15) is 23.8 Å². The average molecular weight is 511 g/mol. The molecular formula is C23H25N7O7. The maximum Gasteiger partial charge on any atom is 0.412 e. The highest BCUT2D eigenvalue weighted by Crippen LogP contribution is 2.34. The summed E-state index contributed by atoms with van der Waals surface area (Å²) in [5.41, 5.74) is 9.71. The molecule has 1 aliphatic heterocycles. The summed E-state index contributed by atoms with van der Waals surface area (Å²) in [5, 5.41) is 4.60. The predicted octanol–water partition coefficient (Wildman–Crippen LogP) is 2.10. The van der Waals surface area contributed by atoms with E-state index in [1.165, 1.54) is 20.2 Å². The van der Waals surface area contributed by atoms with Gasteiger partial charge in [0.25, 0.3) is 5.56 Å². The van der Waals surface area contributed by atoms with Crippen LogP contribution in [0.15, 0.2) is 51.4 Å². The Morgan fingerprint density at radius 3 is 2.76 bits per heavy atom. The molecule has 37 heavy (non-hydrogen) atoms. The van der Waals surface area contributed by atoms with Crippen LogP contribution in [-0.2, 0) is 25.4 Å². The van der Waals surface area contributed by atoms with Gasteiger partial charge in [0, 0.05) is 46.6 Å². The molecule has 2 aromatic heterocycles. The summed E-state index contributed by atoms with van der Waals surface area (Å²) in [4.78, 5) is 59.6. The fourth-order valence-corrected chi connectivity index (χ4v) is 4.48. The van der Waals surface area contributed by atoms with Gasteiger partial charge >= 0.3 is 17.8 Å². The van der Waals surface area contributed by atoms with E-state index in [1.54, 1.807) is 6.20 Å². The van der Waals surface area contributed by atoms with Crippen molar-refractivity contribution < 1.29 is 23.8 Å². The Labute approximate surface area is 209 Å². The summed E-state index contributed by atoms with van der Waals surface area (Å²) in [6.07, 6.45) is -0.186. The highest BCUT2D eigenvalue weighted by Gasteiger charge is 2.47. The Kier molecular flexibility index (Phi) is 7.32. The number of nitrogens with one attached hydrogen (secondary N) is 2. The van der Waals surface area contributed by atoms with Gasteiger partial charge < -0.3 is 19.2 Å².